The summed E-state index contributed by atoms with van der Waals surface area (Å²) in [4.78, 5) is 13.2. The van der Waals surface area contributed by atoms with Crippen LogP contribution in [-0.2, 0) is 15.6 Å². The summed E-state index contributed by atoms with van der Waals surface area (Å²) >= 11 is 0. The number of Topliss-reactive ketones (excluding diaryl/α,β-unsaturated/α-hetero) is 1. The molecule has 1 fully saturated rings. The van der Waals surface area contributed by atoms with Crippen molar-refractivity contribution in [3.63, 3.8) is 0 Å². The number of carbonyl (C=O) groups is 1. The third-order valence-corrected chi connectivity index (χ3v) is 7.22. The zero-order valence-electron chi connectivity index (χ0n) is 15.6. The minimum Gasteiger partial charge on any atom is -0.299 e. The lowest BCUT2D eigenvalue weighted by atomic mass is 9.64. The second-order valence-electron chi connectivity index (χ2n) is 8.17. The lowest BCUT2D eigenvalue weighted by Gasteiger charge is -2.43. The van der Waals surface area contributed by atoms with E-state index in [0.29, 0.717) is 0 Å². The zero-order valence-corrected chi connectivity index (χ0v) is 16.4. The Bertz CT molecular complexity index is 642. The topological polar surface area (TPSA) is 34.1 Å². The molecule has 0 spiro atoms. The van der Waals surface area contributed by atoms with E-state index >= 15 is 0 Å². The Morgan fingerprint density at radius 1 is 1.25 bits per heavy atom. The summed E-state index contributed by atoms with van der Waals surface area (Å²) in [5.41, 5.74) is 2.43. The molecule has 1 aliphatic rings. The summed E-state index contributed by atoms with van der Waals surface area (Å²) in [6, 6.07) is 7.72. The summed E-state index contributed by atoms with van der Waals surface area (Å²) in [6.07, 6.45) is 3.08. The fourth-order valence-corrected chi connectivity index (χ4v) is 5.60. The van der Waals surface area contributed by atoms with Crippen LogP contribution in [-0.4, -0.2) is 15.2 Å². The van der Waals surface area contributed by atoms with Crippen molar-refractivity contribution >= 4 is 16.6 Å². The molecule has 0 radical (unpaired) electrons. The van der Waals surface area contributed by atoms with E-state index in [1.165, 1.54) is 0 Å². The Morgan fingerprint density at radius 3 is 2.33 bits per heavy atom. The molecule has 0 N–H and O–H groups in total. The van der Waals surface area contributed by atoms with Crippen LogP contribution in [0.4, 0.5) is 0 Å². The predicted molar refractivity (Wildman–Crippen MR) is 101 cm³/mol. The second-order valence-corrected chi connectivity index (χ2v) is 9.74. The average molecular weight is 347 g/mol. The van der Waals surface area contributed by atoms with Crippen molar-refractivity contribution in [2.75, 3.05) is 0 Å². The van der Waals surface area contributed by atoms with Crippen molar-refractivity contribution < 1.29 is 9.00 Å². The van der Waals surface area contributed by atoms with Gasteiger partial charge in [0, 0.05) is 4.90 Å². The van der Waals surface area contributed by atoms with E-state index in [4.69, 9.17) is 0 Å². The maximum Gasteiger partial charge on any atom is 0.146 e. The molecule has 4 atom stereocenters. The van der Waals surface area contributed by atoms with Crippen LogP contribution in [0, 0.1) is 24.2 Å². The first-order valence-electron chi connectivity index (χ1n) is 8.75. The first kappa shape index (κ1) is 19.1. The molecule has 0 amide bonds. The average Bonchev–Trinajstić information content (AvgIpc) is 2.46. The SMILES string of the molecule is C=C(C)C1CCC(C)(C)CC1C(C(C)=O)S(=O)c1ccc(C)cc1. The molecular formula is C21H30O2S. The first-order chi connectivity index (χ1) is 11.1. The van der Waals surface area contributed by atoms with Gasteiger partial charge < -0.3 is 0 Å². The van der Waals surface area contributed by atoms with E-state index in [-0.39, 0.29) is 23.0 Å². The molecule has 1 aromatic rings. The van der Waals surface area contributed by atoms with Gasteiger partial charge in [0.1, 0.15) is 11.0 Å². The molecule has 2 rings (SSSR count). The van der Waals surface area contributed by atoms with Crippen molar-refractivity contribution in [3.05, 3.63) is 42.0 Å². The van der Waals surface area contributed by atoms with Crippen molar-refractivity contribution in [1.29, 1.82) is 0 Å². The van der Waals surface area contributed by atoms with Gasteiger partial charge in [0.2, 0.25) is 0 Å². The Kier molecular flexibility index (Phi) is 5.85. The molecule has 0 aromatic heterocycles. The van der Waals surface area contributed by atoms with E-state index < -0.39 is 16.0 Å². The molecule has 0 bridgehead atoms. The molecule has 132 valence electrons. The molecule has 2 nitrogen and oxygen atoms in total. The third kappa shape index (κ3) is 4.24. The lowest BCUT2D eigenvalue weighted by Crippen LogP contribution is -2.42. The van der Waals surface area contributed by atoms with E-state index in [0.717, 1.165) is 35.3 Å². The van der Waals surface area contributed by atoms with Crippen LogP contribution in [0.15, 0.2) is 41.3 Å². The van der Waals surface area contributed by atoms with Gasteiger partial charge in [-0.05, 0) is 69.4 Å². The quantitative estimate of drug-likeness (QED) is 0.697. The van der Waals surface area contributed by atoms with Crippen molar-refractivity contribution in [2.45, 2.75) is 64.0 Å². The molecule has 4 unspecified atom stereocenters. The summed E-state index contributed by atoms with van der Waals surface area (Å²) in [7, 11) is -1.32. The molecule has 0 heterocycles. The van der Waals surface area contributed by atoms with Gasteiger partial charge in [-0.25, -0.2) is 0 Å². The smallest absolute Gasteiger partial charge is 0.146 e. The molecule has 24 heavy (non-hydrogen) atoms. The number of allylic oxidation sites excluding steroid dienone is 1. The van der Waals surface area contributed by atoms with Crippen molar-refractivity contribution in [1.82, 2.24) is 0 Å². The van der Waals surface area contributed by atoms with E-state index in [9.17, 15) is 9.00 Å². The largest absolute Gasteiger partial charge is 0.299 e. The normalized spacial score (nSPS) is 25.7. The monoisotopic (exact) mass is 346 g/mol. The van der Waals surface area contributed by atoms with Crippen LogP contribution in [0.5, 0.6) is 0 Å². The van der Waals surface area contributed by atoms with Gasteiger partial charge in [-0.2, -0.15) is 0 Å². The standard InChI is InChI=1S/C21H30O2S/c1-14(2)18-11-12-21(5,6)13-19(18)20(16(4)22)24(23)17-9-7-15(3)8-10-17/h7-10,18-20H,1,11-13H2,2-6H3. The highest BCUT2D eigenvalue weighted by Gasteiger charge is 2.43. The number of benzene rings is 1. The van der Waals surface area contributed by atoms with E-state index in [1.54, 1.807) is 6.92 Å². The van der Waals surface area contributed by atoms with Crippen molar-refractivity contribution in [2.24, 2.45) is 17.3 Å². The van der Waals surface area contributed by atoms with Crippen LogP contribution in [0.1, 0.15) is 52.5 Å². The number of hydrogen-bond donors (Lipinski definition) is 0. The van der Waals surface area contributed by atoms with Crippen LogP contribution in [0.25, 0.3) is 0 Å². The highest BCUT2D eigenvalue weighted by molar-refractivity contribution is 7.86. The fraction of sp³-hybridized carbons (Fsp3) is 0.571. The van der Waals surface area contributed by atoms with Gasteiger partial charge in [0.15, 0.2) is 0 Å². The molecule has 1 saturated carbocycles. The fourth-order valence-electron chi connectivity index (χ4n) is 4.00. The second kappa shape index (κ2) is 7.35. The number of hydrogen-bond acceptors (Lipinski definition) is 2. The van der Waals surface area contributed by atoms with E-state index in [1.807, 2.05) is 38.1 Å². The van der Waals surface area contributed by atoms with Gasteiger partial charge in [-0.1, -0.05) is 43.7 Å². The van der Waals surface area contributed by atoms with Crippen LogP contribution in [0.3, 0.4) is 0 Å². The molecule has 0 aliphatic heterocycles. The Balaban J connectivity index is 2.39. The molecule has 1 aromatic carbocycles. The highest BCUT2D eigenvalue weighted by Crippen LogP contribution is 2.47. The highest BCUT2D eigenvalue weighted by atomic mass is 32.2. The summed E-state index contributed by atoms with van der Waals surface area (Å²) in [6.45, 7) is 14.3. The minimum absolute atomic E-state index is 0.0304. The summed E-state index contributed by atoms with van der Waals surface area (Å²) < 4.78 is 13.2. The minimum atomic E-state index is -1.32. The molecular weight excluding hydrogens is 316 g/mol. The van der Waals surface area contributed by atoms with Crippen molar-refractivity contribution in [3.8, 4) is 0 Å². The maximum atomic E-state index is 13.2. The zero-order chi connectivity index (χ0) is 18.1. The Morgan fingerprint density at radius 2 is 1.83 bits per heavy atom. The van der Waals surface area contributed by atoms with Gasteiger partial charge in [0.25, 0.3) is 0 Å². The Labute approximate surface area is 149 Å². The number of aryl methyl sites for hydroxylation is 1. The molecule has 1 aliphatic carbocycles. The van der Waals surface area contributed by atoms with Gasteiger partial charge in [-0.3, -0.25) is 9.00 Å². The van der Waals surface area contributed by atoms with Crippen LogP contribution in [0.2, 0.25) is 0 Å². The maximum absolute atomic E-state index is 13.2. The van der Waals surface area contributed by atoms with Crippen LogP contribution < -0.4 is 0 Å². The Hall–Kier alpha value is -1.22. The third-order valence-electron chi connectivity index (χ3n) is 5.34. The number of ketones is 1. The summed E-state index contributed by atoms with van der Waals surface area (Å²) in [5.74, 6) is 0.412. The number of carbonyl (C=O) groups excluding carboxylic acids is 1. The lowest BCUT2D eigenvalue weighted by molar-refractivity contribution is -0.118. The van der Waals surface area contributed by atoms with E-state index in [2.05, 4.69) is 20.4 Å². The van der Waals surface area contributed by atoms with Crippen LogP contribution >= 0.6 is 0 Å². The van der Waals surface area contributed by atoms with Gasteiger partial charge in [-0.15, -0.1) is 0 Å². The van der Waals surface area contributed by atoms with Gasteiger partial charge >= 0.3 is 0 Å². The first-order valence-corrected chi connectivity index (χ1v) is 9.97. The summed E-state index contributed by atoms with van der Waals surface area (Å²) in [5, 5.41) is -0.450. The number of rotatable bonds is 5. The predicted octanol–water partition coefficient (Wildman–Crippen LogP) is 5.08. The molecule has 3 heteroatoms. The molecule has 0 saturated heterocycles. The van der Waals surface area contributed by atoms with Gasteiger partial charge in [0.05, 0.1) is 10.8 Å².